The molecule has 0 aliphatic heterocycles. The molecular formula is C26H24F3N3O3. The van der Waals surface area contributed by atoms with Crippen molar-refractivity contribution in [3.8, 4) is 28.4 Å². The highest BCUT2D eigenvalue weighted by Gasteiger charge is 2.31. The van der Waals surface area contributed by atoms with E-state index in [1.165, 1.54) is 18.2 Å². The number of benzene rings is 3. The summed E-state index contributed by atoms with van der Waals surface area (Å²) >= 11 is 0. The standard InChI is InChI=1S/C26H24F3N3O3/c1-15(30-25-21-13-23(33-3)24(34-4)14-22(21)31-16(2)32-25)17-7-5-8-18(11-17)19-9-6-10-20(12-19)35-26(27,28)29/h5-15H,1-4H3,(H,30,31,32)/t15-/m1/s1. The van der Waals surface area contributed by atoms with Crippen molar-refractivity contribution in [1.29, 1.82) is 0 Å². The van der Waals surface area contributed by atoms with Gasteiger partial charge in [0.15, 0.2) is 11.5 Å². The van der Waals surface area contributed by atoms with Crippen molar-refractivity contribution >= 4 is 16.7 Å². The lowest BCUT2D eigenvalue weighted by Gasteiger charge is -2.19. The molecule has 0 aliphatic rings. The van der Waals surface area contributed by atoms with E-state index in [9.17, 15) is 13.2 Å². The zero-order valence-corrected chi connectivity index (χ0v) is 19.6. The third-order valence-electron chi connectivity index (χ3n) is 5.45. The number of hydrogen-bond acceptors (Lipinski definition) is 6. The Morgan fingerprint density at radius 1 is 0.857 bits per heavy atom. The molecule has 0 saturated heterocycles. The van der Waals surface area contributed by atoms with Crippen LogP contribution in [0.25, 0.3) is 22.0 Å². The van der Waals surface area contributed by atoms with E-state index in [2.05, 4.69) is 20.0 Å². The van der Waals surface area contributed by atoms with Crippen LogP contribution in [0.4, 0.5) is 19.0 Å². The fraction of sp³-hybridized carbons (Fsp3) is 0.231. The summed E-state index contributed by atoms with van der Waals surface area (Å²) in [4.78, 5) is 9.09. The maximum absolute atomic E-state index is 12.6. The third-order valence-corrected chi connectivity index (χ3v) is 5.45. The average Bonchev–Trinajstić information content (AvgIpc) is 2.82. The Morgan fingerprint density at radius 2 is 1.51 bits per heavy atom. The van der Waals surface area contributed by atoms with Crippen LogP contribution in [0, 0.1) is 6.92 Å². The van der Waals surface area contributed by atoms with Gasteiger partial charge in [0.25, 0.3) is 0 Å². The van der Waals surface area contributed by atoms with E-state index in [4.69, 9.17) is 9.47 Å². The van der Waals surface area contributed by atoms with Crippen molar-refractivity contribution < 1.29 is 27.4 Å². The number of aryl methyl sites for hydroxylation is 1. The van der Waals surface area contributed by atoms with Gasteiger partial charge in [-0.05, 0) is 54.8 Å². The van der Waals surface area contributed by atoms with Crippen LogP contribution in [0.1, 0.15) is 24.4 Å². The second-order valence-electron chi connectivity index (χ2n) is 7.91. The first kappa shape index (κ1) is 24.1. The second-order valence-corrected chi connectivity index (χ2v) is 7.91. The molecular weight excluding hydrogens is 459 g/mol. The van der Waals surface area contributed by atoms with E-state index in [1.807, 2.05) is 44.2 Å². The number of nitrogens with zero attached hydrogens (tertiary/aromatic N) is 2. The average molecular weight is 483 g/mol. The minimum absolute atomic E-state index is 0.171. The Kier molecular flexibility index (Phi) is 6.68. The molecule has 4 rings (SSSR count). The summed E-state index contributed by atoms with van der Waals surface area (Å²) in [5.41, 5.74) is 3.01. The van der Waals surface area contributed by atoms with Gasteiger partial charge in [0.1, 0.15) is 17.4 Å². The number of ether oxygens (including phenoxy) is 3. The van der Waals surface area contributed by atoms with Crippen LogP contribution in [0.3, 0.4) is 0 Å². The minimum Gasteiger partial charge on any atom is -0.493 e. The van der Waals surface area contributed by atoms with Crippen molar-refractivity contribution in [2.75, 3.05) is 19.5 Å². The zero-order chi connectivity index (χ0) is 25.2. The van der Waals surface area contributed by atoms with Crippen LogP contribution in [-0.2, 0) is 0 Å². The molecule has 6 nitrogen and oxygen atoms in total. The highest BCUT2D eigenvalue weighted by molar-refractivity contribution is 5.92. The second kappa shape index (κ2) is 9.69. The van der Waals surface area contributed by atoms with Gasteiger partial charge in [-0.25, -0.2) is 9.97 Å². The van der Waals surface area contributed by atoms with Gasteiger partial charge in [-0.2, -0.15) is 0 Å². The number of alkyl halides is 3. The molecule has 0 saturated carbocycles. The van der Waals surface area contributed by atoms with Gasteiger partial charge in [0, 0.05) is 17.5 Å². The number of anilines is 1. The van der Waals surface area contributed by atoms with E-state index in [1.54, 1.807) is 26.4 Å². The normalized spacial score (nSPS) is 12.3. The van der Waals surface area contributed by atoms with Crippen LogP contribution in [-0.4, -0.2) is 30.5 Å². The summed E-state index contributed by atoms with van der Waals surface area (Å²) in [6, 6.07) is 16.9. The molecule has 1 aromatic heterocycles. The maximum atomic E-state index is 12.6. The van der Waals surface area contributed by atoms with Gasteiger partial charge in [-0.3, -0.25) is 0 Å². The highest BCUT2D eigenvalue weighted by atomic mass is 19.4. The molecule has 0 aliphatic carbocycles. The third kappa shape index (κ3) is 5.56. The van der Waals surface area contributed by atoms with E-state index < -0.39 is 6.36 Å². The molecule has 0 fully saturated rings. The van der Waals surface area contributed by atoms with E-state index >= 15 is 0 Å². The summed E-state index contributed by atoms with van der Waals surface area (Å²) in [6.07, 6.45) is -4.75. The van der Waals surface area contributed by atoms with Crippen molar-refractivity contribution in [3.63, 3.8) is 0 Å². The summed E-state index contributed by atoms with van der Waals surface area (Å²) < 4.78 is 52.8. The number of fused-ring (bicyclic) bond motifs is 1. The number of nitrogens with one attached hydrogen (secondary N) is 1. The molecule has 1 N–H and O–H groups in total. The van der Waals surface area contributed by atoms with Crippen LogP contribution in [0.15, 0.2) is 60.7 Å². The molecule has 0 spiro atoms. The lowest BCUT2D eigenvalue weighted by atomic mass is 10.00. The lowest BCUT2D eigenvalue weighted by Crippen LogP contribution is -2.17. The van der Waals surface area contributed by atoms with Crippen LogP contribution in [0.2, 0.25) is 0 Å². The Morgan fingerprint density at radius 3 is 2.20 bits per heavy atom. The topological polar surface area (TPSA) is 65.5 Å². The maximum Gasteiger partial charge on any atom is 0.573 e. The number of halogens is 3. The Balaban J connectivity index is 1.65. The number of hydrogen-bond donors (Lipinski definition) is 1. The lowest BCUT2D eigenvalue weighted by molar-refractivity contribution is -0.274. The van der Waals surface area contributed by atoms with Gasteiger partial charge in [0.2, 0.25) is 0 Å². The number of methoxy groups -OCH3 is 2. The Labute approximate surface area is 200 Å². The molecule has 0 bridgehead atoms. The number of aromatic nitrogens is 2. The number of rotatable bonds is 7. The van der Waals surface area contributed by atoms with Crippen molar-refractivity contribution in [3.05, 3.63) is 72.1 Å². The molecule has 35 heavy (non-hydrogen) atoms. The van der Waals surface area contributed by atoms with Crippen LogP contribution >= 0.6 is 0 Å². The summed E-state index contributed by atoms with van der Waals surface area (Å²) in [7, 11) is 3.13. The van der Waals surface area contributed by atoms with E-state index in [0.717, 1.165) is 16.5 Å². The largest absolute Gasteiger partial charge is 0.573 e. The summed E-state index contributed by atoms with van der Waals surface area (Å²) in [5.74, 6) is 2.09. The monoisotopic (exact) mass is 483 g/mol. The Hall–Kier alpha value is -4.01. The fourth-order valence-corrected chi connectivity index (χ4v) is 3.83. The smallest absolute Gasteiger partial charge is 0.493 e. The van der Waals surface area contributed by atoms with Gasteiger partial charge in [0.05, 0.1) is 19.7 Å². The van der Waals surface area contributed by atoms with Crippen LogP contribution in [0.5, 0.6) is 17.2 Å². The van der Waals surface area contributed by atoms with Gasteiger partial charge in [-0.15, -0.1) is 13.2 Å². The summed E-state index contributed by atoms with van der Waals surface area (Å²) in [6.45, 7) is 3.79. The predicted molar refractivity (Wildman–Crippen MR) is 128 cm³/mol. The molecule has 1 heterocycles. The van der Waals surface area contributed by atoms with Crippen LogP contribution < -0.4 is 19.5 Å². The van der Waals surface area contributed by atoms with Gasteiger partial charge in [-0.1, -0.05) is 30.3 Å². The molecule has 1 atom stereocenters. The first-order valence-corrected chi connectivity index (χ1v) is 10.8. The quantitative estimate of drug-likeness (QED) is 0.316. The molecule has 0 amide bonds. The van der Waals surface area contributed by atoms with Crippen molar-refractivity contribution in [2.24, 2.45) is 0 Å². The van der Waals surface area contributed by atoms with Crippen molar-refractivity contribution in [1.82, 2.24) is 9.97 Å². The fourth-order valence-electron chi connectivity index (χ4n) is 3.83. The molecule has 4 aromatic rings. The highest BCUT2D eigenvalue weighted by Crippen LogP contribution is 2.35. The molecule has 9 heteroatoms. The Bertz CT molecular complexity index is 1360. The molecule has 3 aromatic carbocycles. The van der Waals surface area contributed by atoms with E-state index in [0.29, 0.717) is 34.2 Å². The zero-order valence-electron chi connectivity index (χ0n) is 19.6. The van der Waals surface area contributed by atoms with Crippen molar-refractivity contribution in [2.45, 2.75) is 26.3 Å². The molecule has 0 radical (unpaired) electrons. The summed E-state index contributed by atoms with van der Waals surface area (Å²) in [5, 5.41) is 4.20. The first-order valence-electron chi connectivity index (χ1n) is 10.8. The van der Waals surface area contributed by atoms with Gasteiger partial charge < -0.3 is 19.5 Å². The SMILES string of the molecule is COc1cc2nc(C)nc(N[C@H](C)c3cccc(-c4cccc(OC(F)(F)F)c4)c3)c2cc1OC. The molecule has 182 valence electrons. The minimum atomic E-state index is -4.75. The van der Waals surface area contributed by atoms with E-state index in [-0.39, 0.29) is 11.8 Å². The first-order chi connectivity index (χ1) is 16.7. The predicted octanol–water partition coefficient (Wildman–Crippen LogP) is 6.69. The van der Waals surface area contributed by atoms with Gasteiger partial charge >= 0.3 is 6.36 Å². The molecule has 0 unspecified atom stereocenters.